The van der Waals surface area contributed by atoms with Gasteiger partial charge < -0.3 is 4.98 Å². The summed E-state index contributed by atoms with van der Waals surface area (Å²) >= 11 is 3.28. The average Bonchev–Trinajstić information content (AvgIpc) is 2.73. The van der Waals surface area contributed by atoms with Crippen LogP contribution in [0.5, 0.6) is 0 Å². The lowest BCUT2D eigenvalue weighted by Crippen LogP contribution is -1.81. The highest BCUT2D eigenvalue weighted by atomic mass is 79.9. The van der Waals surface area contributed by atoms with E-state index < -0.39 is 0 Å². The molecule has 0 saturated heterocycles. The molecule has 16 heavy (non-hydrogen) atoms. The van der Waals surface area contributed by atoms with Gasteiger partial charge in [0, 0.05) is 5.56 Å². The number of aromatic amines is 1. The molecule has 0 aliphatic rings. The number of aromatic nitrogens is 4. The molecule has 0 fully saturated rings. The summed E-state index contributed by atoms with van der Waals surface area (Å²) in [5.74, 6) is 0.786. The Morgan fingerprint density at radius 3 is 2.69 bits per heavy atom. The fraction of sp³-hybridized carbons (Fsp3) is 0. The normalized spacial score (nSPS) is 10.8. The molecule has 0 spiro atoms. The number of nitrogens with zero attached hydrogens (tertiary/aromatic N) is 3. The quantitative estimate of drug-likeness (QED) is 0.743. The van der Waals surface area contributed by atoms with E-state index in [0.29, 0.717) is 15.9 Å². The molecule has 2 heterocycles. The van der Waals surface area contributed by atoms with Gasteiger partial charge in [-0.2, -0.15) is 0 Å². The van der Waals surface area contributed by atoms with E-state index >= 15 is 0 Å². The largest absolute Gasteiger partial charge is 0.321 e. The van der Waals surface area contributed by atoms with Crippen molar-refractivity contribution < 1.29 is 0 Å². The van der Waals surface area contributed by atoms with Crippen molar-refractivity contribution in [3.05, 3.63) is 41.1 Å². The number of fused-ring (bicyclic) bond motifs is 1. The van der Waals surface area contributed by atoms with E-state index in [2.05, 4.69) is 35.9 Å². The summed E-state index contributed by atoms with van der Waals surface area (Å²) in [5.41, 5.74) is 2.34. The minimum absolute atomic E-state index is 0.627. The van der Waals surface area contributed by atoms with Gasteiger partial charge in [-0.05, 0) is 15.9 Å². The van der Waals surface area contributed by atoms with Crippen LogP contribution in [-0.2, 0) is 0 Å². The van der Waals surface area contributed by atoms with Crippen molar-refractivity contribution in [2.75, 3.05) is 0 Å². The molecule has 1 aromatic carbocycles. The summed E-state index contributed by atoms with van der Waals surface area (Å²) in [6, 6.07) is 9.90. The van der Waals surface area contributed by atoms with Crippen LogP contribution in [0, 0.1) is 0 Å². The first-order valence-corrected chi connectivity index (χ1v) is 5.56. The Bertz CT molecular complexity index is 633. The van der Waals surface area contributed by atoms with Gasteiger partial charge in [0.05, 0.1) is 6.20 Å². The van der Waals surface area contributed by atoms with E-state index in [1.54, 1.807) is 6.20 Å². The first kappa shape index (κ1) is 9.47. The number of nitrogens with one attached hydrogen (secondary N) is 1. The zero-order chi connectivity index (χ0) is 11.0. The molecule has 0 aliphatic carbocycles. The van der Waals surface area contributed by atoms with Gasteiger partial charge in [-0.25, -0.2) is 15.0 Å². The van der Waals surface area contributed by atoms with Gasteiger partial charge in [-0.1, -0.05) is 30.3 Å². The molecule has 0 radical (unpaired) electrons. The number of hydrogen-bond acceptors (Lipinski definition) is 3. The molecule has 2 aromatic heterocycles. The highest BCUT2D eigenvalue weighted by molar-refractivity contribution is 9.10. The topological polar surface area (TPSA) is 54.5 Å². The predicted octanol–water partition coefficient (Wildman–Crippen LogP) is 2.78. The van der Waals surface area contributed by atoms with Crippen LogP contribution in [0.2, 0.25) is 0 Å². The third kappa shape index (κ3) is 1.59. The number of H-pyrrole nitrogens is 1. The predicted molar refractivity (Wildman–Crippen MR) is 64.8 cm³/mol. The SMILES string of the molecule is Brc1cnc2nc(-c3ccccc3)[nH]c2n1. The van der Waals surface area contributed by atoms with Crippen LogP contribution >= 0.6 is 15.9 Å². The second kappa shape index (κ2) is 3.68. The summed E-state index contributed by atoms with van der Waals surface area (Å²) in [5, 5.41) is 0. The van der Waals surface area contributed by atoms with Gasteiger partial charge >= 0.3 is 0 Å². The molecule has 0 atom stereocenters. The highest BCUT2D eigenvalue weighted by Gasteiger charge is 2.06. The van der Waals surface area contributed by atoms with E-state index in [1.807, 2.05) is 30.3 Å². The lowest BCUT2D eigenvalue weighted by molar-refractivity contribution is 1.22. The number of benzene rings is 1. The molecule has 0 unspecified atom stereocenters. The lowest BCUT2D eigenvalue weighted by atomic mass is 10.2. The maximum Gasteiger partial charge on any atom is 0.197 e. The Hall–Kier alpha value is -1.75. The molecule has 0 bridgehead atoms. The van der Waals surface area contributed by atoms with Crippen LogP contribution < -0.4 is 0 Å². The van der Waals surface area contributed by atoms with Crippen molar-refractivity contribution in [1.82, 2.24) is 19.9 Å². The maximum atomic E-state index is 4.37. The number of hydrogen-bond donors (Lipinski definition) is 1. The highest BCUT2D eigenvalue weighted by Crippen LogP contribution is 2.18. The summed E-state index contributed by atoms with van der Waals surface area (Å²) in [7, 11) is 0. The molecule has 3 aromatic rings. The number of rotatable bonds is 1. The molecular weight excluding hydrogens is 268 g/mol. The molecule has 1 N–H and O–H groups in total. The third-order valence-corrected chi connectivity index (χ3v) is 2.61. The van der Waals surface area contributed by atoms with E-state index in [1.165, 1.54) is 0 Å². The van der Waals surface area contributed by atoms with Gasteiger partial charge in [0.1, 0.15) is 10.4 Å². The first-order chi connectivity index (χ1) is 7.83. The summed E-state index contributed by atoms with van der Waals surface area (Å²) in [6.45, 7) is 0. The van der Waals surface area contributed by atoms with Crippen LogP contribution in [-0.4, -0.2) is 19.9 Å². The van der Waals surface area contributed by atoms with Crippen molar-refractivity contribution in [2.45, 2.75) is 0 Å². The van der Waals surface area contributed by atoms with Crippen LogP contribution in [0.1, 0.15) is 0 Å². The Morgan fingerprint density at radius 1 is 1.06 bits per heavy atom. The monoisotopic (exact) mass is 274 g/mol. The lowest BCUT2D eigenvalue weighted by Gasteiger charge is -1.92. The molecule has 3 rings (SSSR count). The second-order valence-corrected chi connectivity index (χ2v) is 4.13. The molecule has 5 heteroatoms. The van der Waals surface area contributed by atoms with Crippen LogP contribution in [0.15, 0.2) is 41.1 Å². The van der Waals surface area contributed by atoms with Crippen molar-refractivity contribution in [3.63, 3.8) is 0 Å². The number of halogens is 1. The Labute approximate surface area is 99.9 Å². The smallest absolute Gasteiger partial charge is 0.197 e. The van der Waals surface area contributed by atoms with E-state index in [4.69, 9.17) is 0 Å². The fourth-order valence-corrected chi connectivity index (χ4v) is 1.79. The van der Waals surface area contributed by atoms with Gasteiger partial charge in [0.2, 0.25) is 0 Å². The summed E-state index contributed by atoms with van der Waals surface area (Å²) in [4.78, 5) is 15.9. The second-order valence-electron chi connectivity index (χ2n) is 3.32. The maximum absolute atomic E-state index is 4.37. The van der Waals surface area contributed by atoms with E-state index in [0.717, 1.165) is 11.4 Å². The minimum Gasteiger partial charge on any atom is -0.321 e. The summed E-state index contributed by atoms with van der Waals surface area (Å²) in [6.07, 6.45) is 1.64. The molecule has 78 valence electrons. The first-order valence-electron chi connectivity index (χ1n) is 4.76. The minimum atomic E-state index is 0.627. The fourth-order valence-electron chi connectivity index (χ4n) is 1.51. The van der Waals surface area contributed by atoms with Crippen molar-refractivity contribution in [3.8, 4) is 11.4 Å². The zero-order valence-corrected chi connectivity index (χ0v) is 9.77. The Balaban J connectivity index is 2.19. The molecule has 0 amide bonds. The van der Waals surface area contributed by atoms with Gasteiger partial charge in [-0.15, -0.1) is 0 Å². The average molecular weight is 275 g/mol. The van der Waals surface area contributed by atoms with Crippen LogP contribution in [0.4, 0.5) is 0 Å². The van der Waals surface area contributed by atoms with E-state index in [9.17, 15) is 0 Å². The van der Waals surface area contributed by atoms with Gasteiger partial charge in [-0.3, -0.25) is 0 Å². The van der Waals surface area contributed by atoms with Gasteiger partial charge in [0.25, 0.3) is 0 Å². The summed E-state index contributed by atoms with van der Waals surface area (Å²) < 4.78 is 0.697. The Kier molecular flexibility index (Phi) is 2.18. The van der Waals surface area contributed by atoms with Crippen molar-refractivity contribution in [2.24, 2.45) is 0 Å². The molecule has 0 aliphatic heterocycles. The molecular formula is C11H7BrN4. The van der Waals surface area contributed by atoms with Crippen LogP contribution in [0.25, 0.3) is 22.7 Å². The van der Waals surface area contributed by atoms with Crippen molar-refractivity contribution >= 4 is 27.2 Å². The van der Waals surface area contributed by atoms with Crippen molar-refractivity contribution in [1.29, 1.82) is 0 Å². The standard InChI is InChI=1S/C11H7BrN4/c12-8-6-13-10-11(14-8)16-9(15-10)7-4-2-1-3-5-7/h1-6H,(H,13,14,15,16). The Morgan fingerprint density at radius 2 is 1.88 bits per heavy atom. The van der Waals surface area contributed by atoms with Gasteiger partial charge in [0.15, 0.2) is 11.3 Å². The molecule has 0 saturated carbocycles. The van der Waals surface area contributed by atoms with E-state index in [-0.39, 0.29) is 0 Å². The third-order valence-electron chi connectivity index (χ3n) is 2.23. The molecule has 4 nitrogen and oxygen atoms in total. The number of imidazole rings is 1. The zero-order valence-electron chi connectivity index (χ0n) is 8.18. The van der Waals surface area contributed by atoms with Crippen LogP contribution in [0.3, 0.4) is 0 Å².